The van der Waals surface area contributed by atoms with Crippen LogP contribution in [0.25, 0.3) is 0 Å². The van der Waals surface area contributed by atoms with E-state index in [1.807, 2.05) is 12.3 Å². The van der Waals surface area contributed by atoms with E-state index in [2.05, 4.69) is 48.1 Å². The summed E-state index contributed by atoms with van der Waals surface area (Å²) in [7, 11) is 0. The summed E-state index contributed by atoms with van der Waals surface area (Å²) in [6.07, 6.45) is 18.2. The van der Waals surface area contributed by atoms with Crippen LogP contribution in [0.4, 0.5) is 0 Å². The van der Waals surface area contributed by atoms with Gasteiger partial charge in [0.15, 0.2) is 0 Å². The summed E-state index contributed by atoms with van der Waals surface area (Å²) in [6, 6.07) is 0. The Balaban J connectivity index is 2.09. The molecule has 0 unspecified atom stereocenters. The summed E-state index contributed by atoms with van der Waals surface area (Å²) in [6.45, 7) is 6.65. The minimum absolute atomic E-state index is 0.860. The van der Waals surface area contributed by atoms with Crippen molar-refractivity contribution in [1.82, 2.24) is 5.32 Å². The van der Waals surface area contributed by atoms with Crippen LogP contribution >= 0.6 is 0 Å². The molecule has 2 nitrogen and oxygen atoms in total. The zero-order chi connectivity index (χ0) is 13.5. The average Bonchev–Trinajstić information content (AvgIpc) is 2.45. The molecule has 1 aliphatic carbocycles. The fourth-order valence-corrected chi connectivity index (χ4v) is 2.06. The molecule has 0 aromatic heterocycles. The van der Waals surface area contributed by atoms with Crippen molar-refractivity contribution in [2.75, 3.05) is 6.54 Å². The van der Waals surface area contributed by atoms with Crippen LogP contribution in [0.15, 0.2) is 76.6 Å². The molecule has 0 fully saturated rings. The third-order valence-electron chi connectivity index (χ3n) is 3.18. The molecule has 0 bridgehead atoms. The molecule has 0 spiro atoms. The van der Waals surface area contributed by atoms with Crippen molar-refractivity contribution < 1.29 is 0 Å². The highest BCUT2D eigenvalue weighted by Crippen LogP contribution is 2.24. The predicted molar refractivity (Wildman–Crippen MR) is 83.1 cm³/mol. The van der Waals surface area contributed by atoms with Crippen molar-refractivity contribution in [1.29, 1.82) is 0 Å². The second-order valence-electron chi connectivity index (χ2n) is 4.70. The number of allylic oxidation sites excluding steroid dienone is 8. The second-order valence-corrected chi connectivity index (χ2v) is 4.70. The van der Waals surface area contributed by atoms with Crippen molar-refractivity contribution in [3.63, 3.8) is 0 Å². The molecule has 2 heteroatoms. The maximum atomic E-state index is 4.23. The lowest BCUT2D eigenvalue weighted by atomic mass is 9.95. The molecular weight excluding hydrogens is 232 g/mol. The van der Waals surface area contributed by atoms with E-state index in [-0.39, 0.29) is 0 Å². The largest absolute Gasteiger partial charge is 0.381 e. The molecule has 0 amide bonds. The maximum absolute atomic E-state index is 4.23. The topological polar surface area (TPSA) is 24.4 Å². The second kappa shape index (κ2) is 6.74. The zero-order valence-electron chi connectivity index (χ0n) is 11.4. The van der Waals surface area contributed by atoms with Crippen LogP contribution in [0.1, 0.15) is 19.8 Å². The number of aliphatic imine (C=N–C) groups is 1. The van der Waals surface area contributed by atoms with Gasteiger partial charge in [-0.25, -0.2) is 0 Å². The van der Waals surface area contributed by atoms with Crippen LogP contribution in [0.5, 0.6) is 0 Å². The quantitative estimate of drug-likeness (QED) is 0.596. The van der Waals surface area contributed by atoms with E-state index in [4.69, 9.17) is 0 Å². The van der Waals surface area contributed by atoms with Gasteiger partial charge < -0.3 is 5.32 Å². The molecule has 1 aliphatic heterocycles. The Morgan fingerprint density at radius 2 is 2.21 bits per heavy atom. The van der Waals surface area contributed by atoms with E-state index in [0.717, 1.165) is 25.0 Å². The highest BCUT2D eigenvalue weighted by Gasteiger charge is 2.10. The molecule has 1 heterocycles. The number of hydrogen-bond donors (Lipinski definition) is 1. The van der Waals surface area contributed by atoms with E-state index in [1.165, 1.54) is 16.8 Å². The highest BCUT2D eigenvalue weighted by atomic mass is 14.9. The Labute approximate surface area is 115 Å². The lowest BCUT2D eigenvalue weighted by Crippen LogP contribution is -2.19. The van der Waals surface area contributed by atoms with Gasteiger partial charge in [-0.15, -0.1) is 0 Å². The lowest BCUT2D eigenvalue weighted by molar-refractivity contribution is 0.833. The van der Waals surface area contributed by atoms with Gasteiger partial charge in [-0.3, -0.25) is 4.99 Å². The monoisotopic (exact) mass is 252 g/mol. The first-order valence-electron chi connectivity index (χ1n) is 6.63. The van der Waals surface area contributed by atoms with Gasteiger partial charge in [0.1, 0.15) is 0 Å². The summed E-state index contributed by atoms with van der Waals surface area (Å²) in [5.74, 6) is 0. The van der Waals surface area contributed by atoms with Crippen LogP contribution in [0.2, 0.25) is 0 Å². The smallest absolute Gasteiger partial charge is 0.0381 e. The van der Waals surface area contributed by atoms with Gasteiger partial charge in [0, 0.05) is 24.7 Å². The number of hydrogen-bond acceptors (Lipinski definition) is 2. The maximum Gasteiger partial charge on any atom is 0.0381 e. The van der Waals surface area contributed by atoms with Gasteiger partial charge in [0.25, 0.3) is 0 Å². The molecule has 98 valence electrons. The first-order chi connectivity index (χ1) is 9.29. The molecule has 0 aromatic rings. The third-order valence-corrected chi connectivity index (χ3v) is 3.18. The van der Waals surface area contributed by atoms with Crippen molar-refractivity contribution >= 4 is 6.21 Å². The minimum atomic E-state index is 0.860. The van der Waals surface area contributed by atoms with Crippen molar-refractivity contribution in [2.24, 2.45) is 4.99 Å². The summed E-state index contributed by atoms with van der Waals surface area (Å²) >= 11 is 0. The van der Waals surface area contributed by atoms with Crippen molar-refractivity contribution in [2.45, 2.75) is 19.8 Å². The Hall–Kier alpha value is -2.09. The summed E-state index contributed by atoms with van der Waals surface area (Å²) in [5.41, 5.74) is 5.20. The SMILES string of the molecule is C=C/C=C\N=CC1=CCNC(C2=CC=C(C)CC2)=C1. The fraction of sp³-hybridized carbons (Fsp3) is 0.235. The molecule has 1 N–H and O–H groups in total. The van der Waals surface area contributed by atoms with Gasteiger partial charge in [-0.1, -0.05) is 36.5 Å². The van der Waals surface area contributed by atoms with Crippen LogP contribution < -0.4 is 5.32 Å². The van der Waals surface area contributed by atoms with Crippen LogP contribution in [-0.2, 0) is 0 Å². The van der Waals surface area contributed by atoms with E-state index < -0.39 is 0 Å². The molecular formula is C17H20N2. The first kappa shape index (κ1) is 13.3. The number of rotatable bonds is 4. The third kappa shape index (κ3) is 3.95. The predicted octanol–water partition coefficient (Wildman–Crippen LogP) is 3.84. The molecule has 0 saturated carbocycles. The molecule has 2 aliphatic rings. The Morgan fingerprint density at radius 1 is 1.32 bits per heavy atom. The molecule has 0 radical (unpaired) electrons. The molecule has 2 rings (SSSR count). The van der Waals surface area contributed by atoms with Gasteiger partial charge >= 0.3 is 0 Å². The standard InChI is InChI=1S/C17H20N2/c1-3-4-10-18-13-15-9-11-19-17(12-15)16-7-5-14(2)6-8-16/h3-5,7,9-10,12-13,19H,1,6,8,11H2,2H3/b10-4-,18-13?. The van der Waals surface area contributed by atoms with E-state index in [1.54, 1.807) is 12.3 Å². The van der Waals surface area contributed by atoms with Crippen molar-refractivity contribution in [3.8, 4) is 0 Å². The summed E-state index contributed by atoms with van der Waals surface area (Å²) in [4.78, 5) is 4.23. The Kier molecular flexibility index (Phi) is 4.73. The van der Waals surface area contributed by atoms with E-state index in [9.17, 15) is 0 Å². The van der Waals surface area contributed by atoms with Gasteiger partial charge in [0.05, 0.1) is 0 Å². The Bertz CT molecular complexity index is 525. The van der Waals surface area contributed by atoms with Gasteiger partial charge in [-0.2, -0.15) is 0 Å². The van der Waals surface area contributed by atoms with Crippen molar-refractivity contribution in [3.05, 3.63) is 71.7 Å². The summed E-state index contributed by atoms with van der Waals surface area (Å²) in [5, 5.41) is 3.43. The molecule has 0 aromatic carbocycles. The van der Waals surface area contributed by atoms with Crippen LogP contribution in [0.3, 0.4) is 0 Å². The zero-order valence-corrected chi connectivity index (χ0v) is 11.4. The van der Waals surface area contributed by atoms with E-state index in [0.29, 0.717) is 0 Å². The minimum Gasteiger partial charge on any atom is -0.381 e. The molecule has 19 heavy (non-hydrogen) atoms. The van der Waals surface area contributed by atoms with Crippen LogP contribution in [0, 0.1) is 0 Å². The van der Waals surface area contributed by atoms with Crippen LogP contribution in [-0.4, -0.2) is 12.8 Å². The lowest BCUT2D eigenvalue weighted by Gasteiger charge is -2.19. The highest BCUT2D eigenvalue weighted by molar-refractivity contribution is 5.83. The number of nitrogens with one attached hydrogen (secondary N) is 1. The fourth-order valence-electron chi connectivity index (χ4n) is 2.06. The number of nitrogens with zero attached hydrogens (tertiary/aromatic N) is 1. The van der Waals surface area contributed by atoms with Gasteiger partial charge in [-0.05, 0) is 43.1 Å². The Morgan fingerprint density at radius 3 is 2.95 bits per heavy atom. The molecule has 0 saturated heterocycles. The van der Waals surface area contributed by atoms with Gasteiger partial charge in [0.2, 0.25) is 0 Å². The normalized spacial score (nSPS) is 19.6. The summed E-state index contributed by atoms with van der Waals surface area (Å²) < 4.78 is 0. The first-order valence-corrected chi connectivity index (χ1v) is 6.63. The van der Waals surface area contributed by atoms with E-state index >= 15 is 0 Å². The number of dihydropyridines is 1. The average molecular weight is 252 g/mol. The molecule has 0 atom stereocenters.